The maximum Gasteiger partial charge on any atom is 0.485 e. The largest absolute Gasteiger partial charge is 0.741 e. The van der Waals surface area contributed by atoms with Crippen LogP contribution in [0.3, 0.4) is 0 Å². The van der Waals surface area contributed by atoms with Crippen LogP contribution < -0.4 is 4.57 Å². The van der Waals surface area contributed by atoms with Crippen LogP contribution in [0.1, 0.15) is 24.2 Å². The molecular weight excluding hydrogens is 625 g/mol. The number of amides is 1. The summed E-state index contributed by atoms with van der Waals surface area (Å²) >= 11 is 3.33. The van der Waals surface area contributed by atoms with Gasteiger partial charge >= 0.3 is 5.51 Å². The number of halogens is 4. The van der Waals surface area contributed by atoms with Gasteiger partial charge in [0.2, 0.25) is 11.0 Å². The van der Waals surface area contributed by atoms with Crippen LogP contribution in [0.25, 0.3) is 21.8 Å². The standard InChI is InChI=1S/C24H22BrN2O3S.CHF3O3S/c1-16(2)27(31(29,30)18-14-12-17(25)13-15-18)24(28)23-19-8-4-6-10-21(19)26(3)22-11-7-5-9-20(22)23;2-1(3,4)8(5,6)7/h4-16H,1-3H3;(H,5,6,7)/q+1;/p-1. The quantitative estimate of drug-likeness (QED) is 0.135. The fourth-order valence-corrected chi connectivity index (χ4v) is 5.75. The molecule has 0 saturated carbocycles. The van der Waals surface area contributed by atoms with Crippen LogP contribution in [0.2, 0.25) is 0 Å². The number of hydrogen-bond acceptors (Lipinski definition) is 6. The van der Waals surface area contributed by atoms with Gasteiger partial charge in [-0.1, -0.05) is 40.2 Å². The molecule has 39 heavy (non-hydrogen) atoms. The second-order valence-corrected chi connectivity index (χ2v) is 12.6. The summed E-state index contributed by atoms with van der Waals surface area (Å²) in [7, 11) is -8.20. The van der Waals surface area contributed by atoms with Crippen LogP contribution in [-0.2, 0) is 27.2 Å². The Hall–Kier alpha value is -3.07. The minimum atomic E-state index is -6.09. The highest BCUT2D eigenvalue weighted by Crippen LogP contribution is 2.29. The van der Waals surface area contributed by atoms with Gasteiger partial charge in [-0.3, -0.25) is 4.79 Å². The summed E-state index contributed by atoms with van der Waals surface area (Å²) in [5.41, 5.74) is -3.55. The van der Waals surface area contributed by atoms with E-state index in [0.29, 0.717) is 16.3 Å². The van der Waals surface area contributed by atoms with E-state index < -0.39 is 37.6 Å². The first-order chi connectivity index (χ1) is 18.0. The molecule has 1 aromatic heterocycles. The first-order valence-corrected chi connectivity index (χ1v) is 14.8. The molecule has 0 aliphatic heterocycles. The van der Waals surface area contributed by atoms with E-state index in [0.717, 1.165) is 19.8 Å². The van der Waals surface area contributed by atoms with Gasteiger partial charge in [-0.15, -0.1) is 0 Å². The number of sulfonamides is 1. The molecule has 0 N–H and O–H groups in total. The first-order valence-electron chi connectivity index (χ1n) is 11.1. The molecule has 0 bridgehead atoms. The van der Waals surface area contributed by atoms with Crippen LogP contribution in [0.5, 0.6) is 0 Å². The molecule has 208 valence electrons. The molecule has 0 aliphatic carbocycles. The summed E-state index contributed by atoms with van der Waals surface area (Å²) in [6.45, 7) is 3.42. The lowest BCUT2D eigenvalue weighted by molar-refractivity contribution is -0.617. The van der Waals surface area contributed by atoms with Crippen molar-refractivity contribution in [2.24, 2.45) is 7.05 Å². The van der Waals surface area contributed by atoms with Gasteiger partial charge in [0, 0.05) is 22.6 Å². The van der Waals surface area contributed by atoms with Gasteiger partial charge in [0.25, 0.3) is 15.9 Å². The van der Waals surface area contributed by atoms with Crippen LogP contribution in [0, 0.1) is 0 Å². The van der Waals surface area contributed by atoms with Gasteiger partial charge in [-0.25, -0.2) is 21.1 Å². The van der Waals surface area contributed by atoms with Crippen LogP contribution >= 0.6 is 15.9 Å². The van der Waals surface area contributed by atoms with Crippen molar-refractivity contribution in [3.05, 3.63) is 82.8 Å². The second kappa shape index (κ2) is 11.2. The number of hydrogen-bond donors (Lipinski definition) is 0. The van der Waals surface area contributed by atoms with Crippen LogP contribution in [-0.4, -0.2) is 43.2 Å². The number of benzene rings is 3. The number of fused-ring (bicyclic) bond motifs is 2. The molecule has 1 heterocycles. The van der Waals surface area contributed by atoms with Crippen molar-refractivity contribution < 1.29 is 43.9 Å². The predicted octanol–water partition coefficient (Wildman–Crippen LogP) is 4.87. The van der Waals surface area contributed by atoms with Crippen molar-refractivity contribution in [1.82, 2.24) is 4.31 Å². The van der Waals surface area contributed by atoms with Gasteiger partial charge < -0.3 is 4.55 Å². The van der Waals surface area contributed by atoms with E-state index in [1.165, 1.54) is 12.1 Å². The predicted molar refractivity (Wildman–Crippen MR) is 141 cm³/mol. The van der Waals surface area contributed by atoms with Gasteiger partial charge in [-0.2, -0.15) is 17.7 Å². The number of carbonyl (C=O) groups excluding carboxylic acids is 1. The maximum absolute atomic E-state index is 13.9. The van der Waals surface area contributed by atoms with Crippen molar-refractivity contribution in [3.8, 4) is 0 Å². The number of nitrogens with zero attached hydrogens (tertiary/aromatic N) is 2. The Morgan fingerprint density at radius 2 is 1.28 bits per heavy atom. The molecule has 3 aromatic carbocycles. The van der Waals surface area contributed by atoms with E-state index in [1.54, 1.807) is 26.0 Å². The molecule has 4 rings (SSSR count). The summed E-state index contributed by atoms with van der Waals surface area (Å²) < 4.78 is 89.7. The molecule has 0 aliphatic rings. The molecule has 8 nitrogen and oxygen atoms in total. The van der Waals surface area contributed by atoms with E-state index in [4.69, 9.17) is 13.0 Å². The fraction of sp³-hybridized carbons (Fsp3) is 0.200. The summed E-state index contributed by atoms with van der Waals surface area (Å²) in [5, 5.41) is 1.43. The summed E-state index contributed by atoms with van der Waals surface area (Å²) in [4.78, 5) is 14.0. The number of rotatable bonds is 4. The molecule has 0 spiro atoms. The average Bonchev–Trinajstić information content (AvgIpc) is 2.83. The lowest BCUT2D eigenvalue weighted by atomic mass is 10.0. The summed E-state index contributed by atoms with van der Waals surface area (Å²) in [6, 6.07) is 20.9. The normalized spacial score (nSPS) is 12.3. The average molecular weight is 647 g/mol. The third-order valence-electron chi connectivity index (χ3n) is 5.61. The van der Waals surface area contributed by atoms with Gasteiger partial charge in [0.15, 0.2) is 10.1 Å². The van der Waals surface area contributed by atoms with Crippen molar-refractivity contribution in [3.63, 3.8) is 0 Å². The maximum atomic E-state index is 13.9. The molecule has 1 amide bonds. The van der Waals surface area contributed by atoms with Crippen LogP contribution in [0.4, 0.5) is 13.2 Å². The monoisotopic (exact) mass is 646 g/mol. The Bertz CT molecular complexity index is 1700. The van der Waals surface area contributed by atoms with E-state index in [-0.39, 0.29) is 4.90 Å². The third-order valence-corrected chi connectivity index (χ3v) is 8.68. The molecule has 4 aromatic rings. The smallest absolute Gasteiger partial charge is 0.485 e. The number of alkyl halides is 3. The lowest BCUT2D eigenvalue weighted by Gasteiger charge is -2.27. The van der Waals surface area contributed by atoms with Crippen molar-refractivity contribution in [2.45, 2.75) is 30.3 Å². The van der Waals surface area contributed by atoms with Crippen molar-refractivity contribution in [2.75, 3.05) is 0 Å². The molecule has 0 fully saturated rings. The minimum absolute atomic E-state index is 0.0767. The highest BCUT2D eigenvalue weighted by atomic mass is 79.9. The number of aryl methyl sites for hydroxylation is 1. The molecule has 0 radical (unpaired) electrons. The summed E-state index contributed by atoms with van der Waals surface area (Å²) in [6.07, 6.45) is 0. The highest BCUT2D eigenvalue weighted by Gasteiger charge is 2.37. The van der Waals surface area contributed by atoms with E-state index in [1.807, 2.05) is 60.1 Å². The zero-order valence-corrected chi connectivity index (χ0v) is 23.9. The molecular formula is C25H22BrF3N2O6S2. The zero-order chi connectivity index (χ0) is 29.3. The Morgan fingerprint density at radius 3 is 1.67 bits per heavy atom. The van der Waals surface area contributed by atoms with E-state index >= 15 is 0 Å². The van der Waals surface area contributed by atoms with Gasteiger partial charge in [0.05, 0.1) is 21.2 Å². The van der Waals surface area contributed by atoms with Crippen molar-refractivity contribution >= 4 is 63.8 Å². The number of pyridine rings is 1. The van der Waals surface area contributed by atoms with E-state index in [2.05, 4.69) is 15.9 Å². The Labute approximate surface area is 231 Å². The minimum Gasteiger partial charge on any atom is -0.741 e. The molecule has 0 atom stereocenters. The molecule has 14 heteroatoms. The van der Waals surface area contributed by atoms with E-state index in [9.17, 15) is 26.4 Å². The Balaban J connectivity index is 0.000000459. The topological polar surface area (TPSA) is 116 Å². The zero-order valence-electron chi connectivity index (χ0n) is 20.7. The van der Waals surface area contributed by atoms with Gasteiger partial charge in [-0.05, 0) is 50.2 Å². The SMILES string of the molecule is CC(C)N(C(=O)c1c2ccccc2[n+](C)c2ccccc12)S(=O)(=O)c1ccc(Br)cc1.O=S(=O)([O-])C(F)(F)F. The number of para-hydroxylation sites is 2. The molecule has 0 unspecified atom stereocenters. The third kappa shape index (κ3) is 6.24. The molecule has 0 saturated heterocycles. The van der Waals surface area contributed by atoms with Crippen LogP contribution in [0.15, 0.2) is 82.2 Å². The lowest BCUT2D eigenvalue weighted by Crippen LogP contribution is -2.42. The fourth-order valence-electron chi connectivity index (χ4n) is 3.91. The number of carbonyl (C=O) groups is 1. The number of aromatic nitrogens is 1. The second-order valence-electron chi connectivity index (χ2n) is 8.52. The first kappa shape index (κ1) is 30.5. The summed E-state index contributed by atoms with van der Waals surface area (Å²) in [5.74, 6) is -0.536. The van der Waals surface area contributed by atoms with Crippen molar-refractivity contribution in [1.29, 1.82) is 0 Å². The Kier molecular flexibility index (Phi) is 8.75. The Morgan fingerprint density at radius 1 is 0.872 bits per heavy atom. The van der Waals surface area contributed by atoms with Gasteiger partial charge in [0.1, 0.15) is 7.05 Å². The highest BCUT2D eigenvalue weighted by molar-refractivity contribution is 9.10.